The Morgan fingerprint density at radius 1 is 0.636 bits per heavy atom. The minimum absolute atomic E-state index is 0.429. The summed E-state index contributed by atoms with van der Waals surface area (Å²) in [5.41, 5.74) is 4.62. The van der Waals surface area contributed by atoms with E-state index in [9.17, 15) is 0 Å². The van der Waals surface area contributed by atoms with Gasteiger partial charge in [0, 0.05) is 23.9 Å². The van der Waals surface area contributed by atoms with Crippen LogP contribution in [-0.4, -0.2) is 16.5 Å². The number of aromatic nitrogens is 2. The predicted molar refractivity (Wildman–Crippen MR) is 140 cm³/mol. The smallest absolute Gasteiger partial charge is 0.131 e. The van der Waals surface area contributed by atoms with E-state index in [2.05, 4.69) is 34.1 Å². The van der Waals surface area contributed by atoms with E-state index >= 15 is 0 Å². The lowest BCUT2D eigenvalue weighted by atomic mass is 10.00. The third-order valence-corrected chi connectivity index (χ3v) is 6.56. The fourth-order valence-electron chi connectivity index (χ4n) is 4.08. The molecule has 3 nitrogen and oxygen atoms in total. The highest BCUT2D eigenvalue weighted by Crippen LogP contribution is 2.29. The molecule has 0 radical (unpaired) electrons. The molecular formula is C27H20Cl3N3. The molecule has 0 saturated heterocycles. The Labute approximate surface area is 207 Å². The van der Waals surface area contributed by atoms with Crippen molar-refractivity contribution < 1.29 is 0 Å². The summed E-state index contributed by atoms with van der Waals surface area (Å²) in [6.45, 7) is 1.89. The summed E-state index contributed by atoms with van der Waals surface area (Å²) in [6, 6.07) is 27.9. The van der Waals surface area contributed by atoms with Crippen LogP contribution in [0.3, 0.4) is 0 Å². The van der Waals surface area contributed by atoms with Crippen LogP contribution in [0.15, 0.2) is 84.9 Å². The molecule has 6 rings (SSSR count). The van der Waals surface area contributed by atoms with Crippen LogP contribution in [0.2, 0.25) is 15.2 Å². The van der Waals surface area contributed by atoms with Gasteiger partial charge in [0.15, 0.2) is 0 Å². The molecule has 3 heterocycles. The number of fused-ring (bicyclic) bond motifs is 3. The molecule has 164 valence electrons. The van der Waals surface area contributed by atoms with Crippen LogP contribution >= 0.6 is 34.8 Å². The minimum atomic E-state index is 0.429. The number of para-hydroxylation sites is 2. The molecule has 0 fully saturated rings. The van der Waals surface area contributed by atoms with Crippen molar-refractivity contribution in [1.29, 1.82) is 0 Å². The van der Waals surface area contributed by atoms with Crippen molar-refractivity contribution in [1.82, 2.24) is 9.97 Å². The van der Waals surface area contributed by atoms with Gasteiger partial charge in [-0.2, -0.15) is 0 Å². The normalized spacial score (nSPS) is 12.9. The third kappa shape index (κ3) is 4.77. The molecular weight excluding hydrogens is 473 g/mol. The second-order valence-electron chi connectivity index (χ2n) is 7.86. The van der Waals surface area contributed by atoms with Crippen molar-refractivity contribution in [2.45, 2.75) is 13.0 Å². The predicted octanol–water partition coefficient (Wildman–Crippen LogP) is 7.99. The summed E-state index contributed by atoms with van der Waals surface area (Å²) in [4.78, 5) is 11.2. The van der Waals surface area contributed by atoms with Gasteiger partial charge >= 0.3 is 0 Å². The number of pyridine rings is 2. The first kappa shape index (κ1) is 22.0. The second-order valence-corrected chi connectivity index (χ2v) is 9.07. The highest BCUT2D eigenvalue weighted by Gasteiger charge is 2.18. The Hall–Kier alpha value is -2.85. The van der Waals surface area contributed by atoms with E-state index in [0.717, 1.165) is 52.2 Å². The largest absolute Gasteiger partial charge is 0.352 e. The Balaban J connectivity index is 0.000000162. The number of rotatable bonds is 1. The molecule has 1 aliphatic heterocycles. The maximum Gasteiger partial charge on any atom is 0.131 e. The van der Waals surface area contributed by atoms with Crippen LogP contribution in [0.1, 0.15) is 11.1 Å². The lowest BCUT2D eigenvalue weighted by Gasteiger charge is -2.30. The highest BCUT2D eigenvalue weighted by atomic mass is 35.5. The fourth-order valence-corrected chi connectivity index (χ4v) is 4.85. The Morgan fingerprint density at radius 3 is 1.94 bits per heavy atom. The summed E-state index contributed by atoms with van der Waals surface area (Å²) >= 11 is 18.1. The Bertz CT molecular complexity index is 1450. The maximum atomic E-state index is 6.41. The first-order valence-corrected chi connectivity index (χ1v) is 11.8. The van der Waals surface area contributed by atoms with Gasteiger partial charge in [0.2, 0.25) is 0 Å². The van der Waals surface area contributed by atoms with Crippen molar-refractivity contribution in [3.05, 3.63) is 111 Å². The fraction of sp³-hybridized carbons (Fsp3) is 0.111. The quantitative estimate of drug-likeness (QED) is 0.222. The van der Waals surface area contributed by atoms with Crippen LogP contribution in [0.4, 0.5) is 5.82 Å². The molecule has 5 aromatic rings. The van der Waals surface area contributed by atoms with Gasteiger partial charge < -0.3 is 4.90 Å². The molecule has 0 atom stereocenters. The van der Waals surface area contributed by atoms with Crippen molar-refractivity contribution in [2.24, 2.45) is 0 Å². The van der Waals surface area contributed by atoms with Gasteiger partial charge in [-0.25, -0.2) is 9.97 Å². The molecule has 2 aromatic heterocycles. The Morgan fingerprint density at radius 2 is 1.21 bits per heavy atom. The number of nitrogens with zero attached hydrogens (tertiary/aromatic N) is 3. The van der Waals surface area contributed by atoms with Crippen LogP contribution < -0.4 is 4.90 Å². The van der Waals surface area contributed by atoms with Gasteiger partial charge in [0.1, 0.15) is 11.0 Å². The van der Waals surface area contributed by atoms with Gasteiger partial charge in [0.05, 0.1) is 21.1 Å². The lowest BCUT2D eigenvalue weighted by molar-refractivity contribution is 0.722. The molecule has 0 aliphatic carbocycles. The molecule has 0 saturated carbocycles. The van der Waals surface area contributed by atoms with Crippen LogP contribution in [0.25, 0.3) is 21.8 Å². The molecule has 0 unspecified atom stereocenters. The molecule has 6 heteroatoms. The van der Waals surface area contributed by atoms with Crippen molar-refractivity contribution in [2.75, 3.05) is 11.4 Å². The molecule has 1 aliphatic rings. The van der Waals surface area contributed by atoms with E-state index in [1.165, 1.54) is 11.1 Å². The molecule has 33 heavy (non-hydrogen) atoms. The first-order valence-electron chi connectivity index (χ1n) is 10.7. The molecule has 0 bridgehead atoms. The van der Waals surface area contributed by atoms with Crippen LogP contribution in [0, 0.1) is 0 Å². The second kappa shape index (κ2) is 9.56. The van der Waals surface area contributed by atoms with Crippen molar-refractivity contribution in [3.8, 4) is 0 Å². The lowest BCUT2D eigenvalue weighted by Crippen LogP contribution is -2.30. The molecule has 0 N–H and O–H groups in total. The zero-order valence-corrected chi connectivity index (χ0v) is 19.9. The standard InChI is InChI=1S/C18H15ClN2.C9H5Cl2N/c19-16-11-18(20-17-8-4-3-7-15(16)17)21-10-9-13-5-1-2-6-14(13)12-21;10-7-5-9(11)12-8-4-2-1-3-6(7)8/h1-8,11H,9-10,12H2;1-5H. The number of hydrogen-bond donors (Lipinski definition) is 0. The number of benzene rings is 3. The first-order chi connectivity index (χ1) is 16.1. The van der Waals surface area contributed by atoms with Crippen LogP contribution in [0.5, 0.6) is 0 Å². The number of hydrogen-bond acceptors (Lipinski definition) is 3. The van der Waals surface area contributed by atoms with Crippen molar-refractivity contribution >= 4 is 62.4 Å². The summed E-state index contributed by atoms with van der Waals surface area (Å²) in [5, 5.41) is 3.79. The number of anilines is 1. The van der Waals surface area contributed by atoms with E-state index < -0.39 is 0 Å². The zero-order valence-electron chi connectivity index (χ0n) is 17.7. The SMILES string of the molecule is Clc1cc(Cl)c2ccccc2n1.Clc1cc(N2CCc3ccccc3C2)nc2ccccc12. The van der Waals surface area contributed by atoms with Crippen LogP contribution in [-0.2, 0) is 13.0 Å². The molecule has 0 spiro atoms. The van der Waals surface area contributed by atoms with Gasteiger partial charge in [-0.3, -0.25) is 0 Å². The minimum Gasteiger partial charge on any atom is -0.352 e. The zero-order chi connectivity index (χ0) is 22.8. The van der Waals surface area contributed by atoms with Gasteiger partial charge in [-0.1, -0.05) is 95.5 Å². The third-order valence-electron chi connectivity index (χ3n) is 5.74. The van der Waals surface area contributed by atoms with Gasteiger partial charge in [-0.05, 0) is 41.8 Å². The molecule has 0 amide bonds. The summed E-state index contributed by atoms with van der Waals surface area (Å²) in [7, 11) is 0. The summed E-state index contributed by atoms with van der Waals surface area (Å²) < 4.78 is 0. The van der Waals surface area contributed by atoms with E-state index in [1.807, 2.05) is 54.6 Å². The van der Waals surface area contributed by atoms with Gasteiger partial charge in [0.25, 0.3) is 0 Å². The Kier molecular flexibility index (Phi) is 6.37. The van der Waals surface area contributed by atoms with E-state index in [-0.39, 0.29) is 0 Å². The number of halogens is 3. The summed E-state index contributed by atoms with van der Waals surface area (Å²) in [5.74, 6) is 0.966. The van der Waals surface area contributed by atoms with Gasteiger partial charge in [-0.15, -0.1) is 0 Å². The topological polar surface area (TPSA) is 29.0 Å². The van der Waals surface area contributed by atoms with Crippen molar-refractivity contribution in [3.63, 3.8) is 0 Å². The van der Waals surface area contributed by atoms with E-state index in [4.69, 9.17) is 39.8 Å². The average Bonchev–Trinajstić information content (AvgIpc) is 2.84. The van der Waals surface area contributed by atoms with E-state index in [1.54, 1.807) is 6.07 Å². The maximum absolute atomic E-state index is 6.41. The monoisotopic (exact) mass is 491 g/mol. The van der Waals surface area contributed by atoms with E-state index in [0.29, 0.717) is 10.2 Å². The molecule has 3 aromatic carbocycles. The average molecular weight is 493 g/mol. The highest BCUT2D eigenvalue weighted by molar-refractivity contribution is 6.37. The summed E-state index contributed by atoms with van der Waals surface area (Å²) in [6.07, 6.45) is 1.06.